The molecule has 0 radical (unpaired) electrons. The number of rotatable bonds is 3. The van der Waals surface area contributed by atoms with Gasteiger partial charge in [0.05, 0.1) is 13.1 Å². The molecule has 2 rings (SSSR count). The first kappa shape index (κ1) is 12.5. The van der Waals surface area contributed by atoms with Crippen LogP contribution in [0.25, 0.3) is 0 Å². The molecule has 0 spiro atoms. The molecule has 1 aliphatic rings. The predicted octanol–water partition coefficient (Wildman–Crippen LogP) is -0.959. The average Bonchev–Trinajstić information content (AvgIpc) is 2.43. The molecule has 1 aromatic heterocycles. The number of nitrogens with one attached hydrogen (secondary N) is 1. The molecule has 3 N–H and O–H groups in total. The van der Waals surface area contributed by atoms with Crippen LogP contribution in [0.2, 0.25) is 0 Å². The van der Waals surface area contributed by atoms with Crippen LogP contribution in [0, 0.1) is 0 Å². The molecule has 0 atom stereocenters. The summed E-state index contributed by atoms with van der Waals surface area (Å²) in [5, 5.41) is 2.48. The predicted molar refractivity (Wildman–Crippen MR) is 65.4 cm³/mol. The van der Waals surface area contributed by atoms with Crippen molar-refractivity contribution in [3.8, 4) is 0 Å². The highest BCUT2D eigenvalue weighted by Gasteiger charge is 2.20. The molecule has 0 fully saturated rings. The molecule has 0 saturated heterocycles. The fraction of sp³-hybridized carbons (Fsp3) is 0.417. The van der Waals surface area contributed by atoms with E-state index in [-0.39, 0.29) is 24.9 Å². The summed E-state index contributed by atoms with van der Waals surface area (Å²) in [6.45, 7) is 1.10. The second-order valence-corrected chi connectivity index (χ2v) is 4.16. The van der Waals surface area contributed by atoms with Crippen LogP contribution in [0.15, 0.2) is 18.3 Å². The van der Waals surface area contributed by atoms with E-state index in [1.807, 2.05) is 12.1 Å². The number of fused-ring (bicyclic) bond motifs is 1. The highest BCUT2D eigenvalue weighted by atomic mass is 16.2. The van der Waals surface area contributed by atoms with Gasteiger partial charge in [0.25, 0.3) is 0 Å². The van der Waals surface area contributed by atoms with Gasteiger partial charge in [0, 0.05) is 31.4 Å². The summed E-state index contributed by atoms with van der Waals surface area (Å²) in [5.41, 5.74) is 7.27. The summed E-state index contributed by atoms with van der Waals surface area (Å²) in [4.78, 5) is 28.9. The molecule has 0 bridgehead atoms. The highest BCUT2D eigenvalue weighted by molar-refractivity contribution is 5.85. The Kier molecular flexibility index (Phi) is 3.88. The van der Waals surface area contributed by atoms with E-state index in [1.54, 1.807) is 11.1 Å². The number of hydrogen-bond donors (Lipinski definition) is 2. The summed E-state index contributed by atoms with van der Waals surface area (Å²) in [7, 11) is 0. The molecule has 96 valence electrons. The maximum atomic E-state index is 11.9. The van der Waals surface area contributed by atoms with Gasteiger partial charge in [-0.3, -0.25) is 14.6 Å². The summed E-state index contributed by atoms with van der Waals surface area (Å²) in [6, 6.07) is 3.84. The largest absolute Gasteiger partial charge is 0.346 e. The Morgan fingerprint density at radius 2 is 2.33 bits per heavy atom. The minimum Gasteiger partial charge on any atom is -0.346 e. The smallest absolute Gasteiger partial charge is 0.242 e. The third-order valence-corrected chi connectivity index (χ3v) is 2.94. The van der Waals surface area contributed by atoms with Gasteiger partial charge in [-0.25, -0.2) is 0 Å². The van der Waals surface area contributed by atoms with Gasteiger partial charge in [0.2, 0.25) is 11.8 Å². The van der Waals surface area contributed by atoms with Gasteiger partial charge in [0.15, 0.2) is 0 Å². The first-order chi connectivity index (χ1) is 8.70. The topological polar surface area (TPSA) is 88.3 Å². The van der Waals surface area contributed by atoms with Gasteiger partial charge >= 0.3 is 0 Å². The van der Waals surface area contributed by atoms with Crippen molar-refractivity contribution in [2.24, 2.45) is 5.73 Å². The number of carbonyl (C=O) groups is 2. The fourth-order valence-electron chi connectivity index (χ4n) is 1.94. The van der Waals surface area contributed by atoms with Gasteiger partial charge in [-0.2, -0.15) is 0 Å². The molecular formula is C12H16N4O2. The van der Waals surface area contributed by atoms with Crippen molar-refractivity contribution < 1.29 is 9.59 Å². The second kappa shape index (κ2) is 5.59. The zero-order valence-electron chi connectivity index (χ0n) is 10.1. The van der Waals surface area contributed by atoms with Crippen LogP contribution in [0.3, 0.4) is 0 Å². The summed E-state index contributed by atoms with van der Waals surface area (Å²) in [5.74, 6) is -0.409. The molecule has 0 saturated carbocycles. The van der Waals surface area contributed by atoms with Crippen LogP contribution < -0.4 is 11.1 Å². The van der Waals surface area contributed by atoms with Crippen molar-refractivity contribution in [3.05, 3.63) is 29.6 Å². The van der Waals surface area contributed by atoms with Gasteiger partial charge in [0.1, 0.15) is 0 Å². The van der Waals surface area contributed by atoms with Crippen molar-refractivity contribution >= 4 is 11.8 Å². The van der Waals surface area contributed by atoms with Gasteiger partial charge < -0.3 is 16.0 Å². The summed E-state index contributed by atoms with van der Waals surface area (Å²) >= 11 is 0. The van der Waals surface area contributed by atoms with Crippen LogP contribution >= 0.6 is 0 Å². The van der Waals surface area contributed by atoms with Gasteiger partial charge in [-0.1, -0.05) is 6.07 Å². The van der Waals surface area contributed by atoms with Crippen molar-refractivity contribution in [3.63, 3.8) is 0 Å². The van der Waals surface area contributed by atoms with Gasteiger partial charge in [-0.05, 0) is 11.6 Å². The average molecular weight is 248 g/mol. The lowest BCUT2D eigenvalue weighted by molar-refractivity contribution is -0.133. The molecule has 1 aromatic rings. The lowest BCUT2D eigenvalue weighted by Gasteiger charge is -2.28. The Hall–Kier alpha value is -1.95. The number of nitrogens with zero attached hydrogens (tertiary/aromatic N) is 2. The molecular weight excluding hydrogens is 232 g/mol. The number of nitrogens with two attached hydrogens (primary N) is 1. The quantitative estimate of drug-likeness (QED) is 0.721. The van der Waals surface area contributed by atoms with Crippen LogP contribution in [0.1, 0.15) is 11.3 Å². The molecule has 0 unspecified atom stereocenters. The van der Waals surface area contributed by atoms with E-state index >= 15 is 0 Å². The number of carbonyl (C=O) groups excluding carboxylic acids is 2. The standard InChI is InChI=1S/C12H16N4O2/c13-6-11(17)15-7-12(18)16-5-3-10-9(8-16)2-1-4-14-10/h1-2,4H,3,5-8,13H2,(H,15,17). The van der Waals surface area contributed by atoms with E-state index in [2.05, 4.69) is 10.3 Å². The third-order valence-electron chi connectivity index (χ3n) is 2.94. The Balaban J connectivity index is 1.92. The van der Waals surface area contributed by atoms with Crippen LogP contribution in [0.4, 0.5) is 0 Å². The minimum absolute atomic E-state index is 0.00558. The molecule has 18 heavy (non-hydrogen) atoms. The number of aromatic nitrogens is 1. The molecule has 2 amide bonds. The zero-order chi connectivity index (χ0) is 13.0. The number of hydrogen-bond acceptors (Lipinski definition) is 4. The van der Waals surface area contributed by atoms with Crippen LogP contribution in [-0.4, -0.2) is 41.3 Å². The zero-order valence-corrected chi connectivity index (χ0v) is 10.1. The van der Waals surface area contributed by atoms with E-state index in [0.29, 0.717) is 13.1 Å². The third kappa shape index (κ3) is 2.84. The van der Waals surface area contributed by atoms with E-state index in [0.717, 1.165) is 17.7 Å². The first-order valence-electron chi connectivity index (χ1n) is 5.88. The first-order valence-corrected chi connectivity index (χ1v) is 5.88. The fourth-order valence-corrected chi connectivity index (χ4v) is 1.94. The summed E-state index contributed by atoms with van der Waals surface area (Å²) in [6.07, 6.45) is 2.52. The SMILES string of the molecule is NCC(=O)NCC(=O)N1CCc2ncccc2C1. The van der Waals surface area contributed by atoms with Crippen molar-refractivity contribution in [1.82, 2.24) is 15.2 Å². The Labute approximate surface area is 105 Å². The maximum Gasteiger partial charge on any atom is 0.242 e. The van der Waals surface area contributed by atoms with E-state index in [9.17, 15) is 9.59 Å². The number of pyridine rings is 1. The van der Waals surface area contributed by atoms with Crippen molar-refractivity contribution in [2.75, 3.05) is 19.6 Å². The molecule has 0 aliphatic carbocycles. The van der Waals surface area contributed by atoms with Crippen LogP contribution in [-0.2, 0) is 22.6 Å². The van der Waals surface area contributed by atoms with E-state index in [4.69, 9.17) is 5.73 Å². The Morgan fingerprint density at radius 3 is 3.11 bits per heavy atom. The molecule has 1 aliphatic heterocycles. The lowest BCUT2D eigenvalue weighted by Crippen LogP contribution is -2.43. The van der Waals surface area contributed by atoms with Crippen molar-refractivity contribution in [1.29, 1.82) is 0 Å². The Morgan fingerprint density at radius 1 is 1.50 bits per heavy atom. The monoisotopic (exact) mass is 248 g/mol. The van der Waals surface area contributed by atoms with Crippen molar-refractivity contribution in [2.45, 2.75) is 13.0 Å². The van der Waals surface area contributed by atoms with Crippen LogP contribution in [0.5, 0.6) is 0 Å². The molecule has 6 nitrogen and oxygen atoms in total. The number of amides is 2. The molecule has 2 heterocycles. The summed E-state index contributed by atoms with van der Waals surface area (Å²) < 4.78 is 0. The van der Waals surface area contributed by atoms with Gasteiger partial charge in [-0.15, -0.1) is 0 Å². The van der Waals surface area contributed by atoms with E-state index in [1.165, 1.54) is 0 Å². The highest BCUT2D eigenvalue weighted by Crippen LogP contribution is 2.15. The van der Waals surface area contributed by atoms with E-state index < -0.39 is 0 Å². The molecule has 6 heteroatoms. The normalized spacial score (nSPS) is 13.9. The Bertz CT molecular complexity index is 461. The lowest BCUT2D eigenvalue weighted by atomic mass is 10.1. The maximum absolute atomic E-state index is 11.9. The second-order valence-electron chi connectivity index (χ2n) is 4.16. The minimum atomic E-state index is -0.317. The molecule has 0 aromatic carbocycles.